The van der Waals surface area contributed by atoms with Crippen molar-refractivity contribution in [2.75, 3.05) is 6.54 Å². The molecule has 0 spiro atoms. The van der Waals surface area contributed by atoms with Crippen molar-refractivity contribution in [2.45, 2.75) is 6.23 Å². The molecule has 0 bridgehead atoms. The standard InChI is InChI=1S/C16H16N2O/c19-14-11-17-15(12-7-3-1-4-8-12)16(18-14)13-9-5-2-6-10-13/h1-10,14,17-19H,11H2. The summed E-state index contributed by atoms with van der Waals surface area (Å²) in [6.45, 7) is 0.501. The second kappa shape index (κ2) is 5.16. The third kappa shape index (κ3) is 2.46. The summed E-state index contributed by atoms with van der Waals surface area (Å²) in [6, 6.07) is 20.2. The van der Waals surface area contributed by atoms with Gasteiger partial charge in [-0.05, 0) is 11.1 Å². The Morgan fingerprint density at radius 2 is 1.32 bits per heavy atom. The first-order chi connectivity index (χ1) is 9.34. The predicted octanol–water partition coefficient (Wildman–Crippen LogP) is 2.02. The SMILES string of the molecule is OC1CNC(c2ccccc2)=C(c2ccccc2)N1. The number of hydrogen-bond donors (Lipinski definition) is 3. The van der Waals surface area contributed by atoms with Crippen molar-refractivity contribution in [1.29, 1.82) is 0 Å². The maximum absolute atomic E-state index is 9.80. The van der Waals surface area contributed by atoms with Crippen LogP contribution in [0.3, 0.4) is 0 Å². The zero-order chi connectivity index (χ0) is 13.1. The van der Waals surface area contributed by atoms with Gasteiger partial charge in [0.05, 0.1) is 17.9 Å². The van der Waals surface area contributed by atoms with Gasteiger partial charge in [0.1, 0.15) is 6.23 Å². The third-order valence-electron chi connectivity index (χ3n) is 3.16. The summed E-state index contributed by atoms with van der Waals surface area (Å²) in [6.07, 6.45) is -0.567. The lowest BCUT2D eigenvalue weighted by Gasteiger charge is -2.28. The zero-order valence-corrected chi connectivity index (χ0v) is 10.5. The molecule has 0 aliphatic carbocycles. The molecule has 1 unspecified atom stereocenters. The van der Waals surface area contributed by atoms with E-state index in [1.165, 1.54) is 0 Å². The van der Waals surface area contributed by atoms with Gasteiger partial charge < -0.3 is 15.7 Å². The van der Waals surface area contributed by atoms with Crippen LogP contribution in [-0.2, 0) is 0 Å². The molecule has 0 amide bonds. The van der Waals surface area contributed by atoms with Gasteiger partial charge in [-0.15, -0.1) is 0 Å². The van der Waals surface area contributed by atoms with Crippen molar-refractivity contribution in [2.24, 2.45) is 0 Å². The van der Waals surface area contributed by atoms with Crippen molar-refractivity contribution in [3.05, 3.63) is 71.8 Å². The molecule has 0 saturated carbocycles. The lowest BCUT2D eigenvalue weighted by Crippen LogP contribution is -2.42. The molecule has 0 fully saturated rings. The number of hydrogen-bond acceptors (Lipinski definition) is 3. The Bertz CT molecular complexity index is 578. The predicted molar refractivity (Wildman–Crippen MR) is 76.8 cm³/mol. The highest BCUT2D eigenvalue weighted by atomic mass is 16.3. The summed E-state index contributed by atoms with van der Waals surface area (Å²) in [5, 5.41) is 16.3. The van der Waals surface area contributed by atoms with Crippen LogP contribution >= 0.6 is 0 Å². The van der Waals surface area contributed by atoms with E-state index in [9.17, 15) is 5.11 Å². The molecule has 0 saturated heterocycles. The molecular formula is C16H16N2O. The fourth-order valence-electron chi connectivity index (χ4n) is 2.26. The van der Waals surface area contributed by atoms with Gasteiger partial charge in [-0.25, -0.2) is 0 Å². The number of aliphatic hydroxyl groups excluding tert-OH is 1. The average Bonchev–Trinajstić information content (AvgIpc) is 2.49. The summed E-state index contributed by atoms with van der Waals surface area (Å²) in [7, 11) is 0. The molecule has 2 aromatic carbocycles. The summed E-state index contributed by atoms with van der Waals surface area (Å²) >= 11 is 0. The summed E-state index contributed by atoms with van der Waals surface area (Å²) in [5.74, 6) is 0. The maximum Gasteiger partial charge on any atom is 0.142 e. The quantitative estimate of drug-likeness (QED) is 0.766. The molecule has 3 heteroatoms. The van der Waals surface area contributed by atoms with Gasteiger partial charge in [-0.3, -0.25) is 0 Å². The number of benzene rings is 2. The van der Waals surface area contributed by atoms with Crippen molar-refractivity contribution in [1.82, 2.24) is 10.6 Å². The highest BCUT2D eigenvalue weighted by Gasteiger charge is 2.19. The first-order valence-electron chi connectivity index (χ1n) is 6.38. The number of rotatable bonds is 2. The highest BCUT2D eigenvalue weighted by Crippen LogP contribution is 2.24. The van der Waals surface area contributed by atoms with E-state index < -0.39 is 6.23 Å². The summed E-state index contributed by atoms with van der Waals surface area (Å²) in [5.41, 5.74) is 4.14. The Morgan fingerprint density at radius 3 is 1.89 bits per heavy atom. The molecular weight excluding hydrogens is 236 g/mol. The van der Waals surface area contributed by atoms with E-state index in [0.717, 1.165) is 22.5 Å². The van der Waals surface area contributed by atoms with Crippen molar-refractivity contribution in [3.63, 3.8) is 0 Å². The normalized spacial score (nSPS) is 18.7. The molecule has 2 aromatic rings. The highest BCUT2D eigenvalue weighted by molar-refractivity contribution is 5.89. The van der Waals surface area contributed by atoms with E-state index in [1.807, 2.05) is 48.5 Å². The maximum atomic E-state index is 9.80. The molecule has 1 aliphatic heterocycles. The largest absolute Gasteiger partial charge is 0.378 e. The van der Waals surface area contributed by atoms with Crippen LogP contribution in [-0.4, -0.2) is 17.9 Å². The topological polar surface area (TPSA) is 44.3 Å². The van der Waals surface area contributed by atoms with Gasteiger partial charge >= 0.3 is 0 Å². The van der Waals surface area contributed by atoms with Crippen LogP contribution in [0, 0.1) is 0 Å². The smallest absolute Gasteiger partial charge is 0.142 e. The van der Waals surface area contributed by atoms with E-state index in [-0.39, 0.29) is 0 Å². The molecule has 19 heavy (non-hydrogen) atoms. The fourth-order valence-corrected chi connectivity index (χ4v) is 2.26. The van der Waals surface area contributed by atoms with Gasteiger partial charge in [-0.2, -0.15) is 0 Å². The molecule has 0 radical (unpaired) electrons. The van der Waals surface area contributed by atoms with E-state index in [4.69, 9.17) is 0 Å². The molecule has 3 rings (SSSR count). The second-order valence-corrected chi connectivity index (χ2v) is 4.52. The van der Waals surface area contributed by atoms with Gasteiger partial charge in [0.15, 0.2) is 0 Å². The van der Waals surface area contributed by atoms with Crippen LogP contribution in [0.1, 0.15) is 11.1 Å². The van der Waals surface area contributed by atoms with E-state index >= 15 is 0 Å². The Morgan fingerprint density at radius 1 is 0.789 bits per heavy atom. The molecule has 0 aromatic heterocycles. The van der Waals surface area contributed by atoms with Crippen LogP contribution in [0.25, 0.3) is 11.4 Å². The first kappa shape index (κ1) is 11.8. The van der Waals surface area contributed by atoms with Gasteiger partial charge in [-0.1, -0.05) is 60.7 Å². The molecule has 3 N–H and O–H groups in total. The van der Waals surface area contributed by atoms with E-state index in [2.05, 4.69) is 22.8 Å². The van der Waals surface area contributed by atoms with Crippen LogP contribution in [0.4, 0.5) is 0 Å². The summed E-state index contributed by atoms with van der Waals surface area (Å²) < 4.78 is 0. The summed E-state index contributed by atoms with van der Waals surface area (Å²) in [4.78, 5) is 0. The van der Waals surface area contributed by atoms with Gasteiger partial charge in [0, 0.05) is 0 Å². The second-order valence-electron chi connectivity index (χ2n) is 4.52. The lowest BCUT2D eigenvalue weighted by atomic mass is 10.0. The Labute approximate surface area is 112 Å². The number of aliphatic hydroxyl groups is 1. The first-order valence-corrected chi connectivity index (χ1v) is 6.38. The minimum absolute atomic E-state index is 0.501. The molecule has 1 aliphatic rings. The average molecular weight is 252 g/mol. The molecule has 96 valence electrons. The monoisotopic (exact) mass is 252 g/mol. The number of β-amino-alcohol motifs (C(OH)–C–C–N with tert-alkyl or cyclic N) is 1. The van der Waals surface area contributed by atoms with E-state index in [1.54, 1.807) is 0 Å². The van der Waals surface area contributed by atoms with E-state index in [0.29, 0.717) is 6.54 Å². The molecule has 1 atom stereocenters. The van der Waals surface area contributed by atoms with Crippen LogP contribution in [0.2, 0.25) is 0 Å². The third-order valence-corrected chi connectivity index (χ3v) is 3.16. The minimum Gasteiger partial charge on any atom is -0.378 e. The van der Waals surface area contributed by atoms with Crippen molar-refractivity contribution < 1.29 is 5.11 Å². The molecule has 3 nitrogen and oxygen atoms in total. The van der Waals surface area contributed by atoms with Crippen LogP contribution < -0.4 is 10.6 Å². The Kier molecular flexibility index (Phi) is 3.21. The fraction of sp³-hybridized carbons (Fsp3) is 0.125. The van der Waals surface area contributed by atoms with Crippen LogP contribution in [0.5, 0.6) is 0 Å². The van der Waals surface area contributed by atoms with Crippen LogP contribution in [0.15, 0.2) is 60.7 Å². The van der Waals surface area contributed by atoms with Crippen molar-refractivity contribution >= 4 is 11.4 Å². The minimum atomic E-state index is -0.567. The Balaban J connectivity index is 2.10. The van der Waals surface area contributed by atoms with Crippen molar-refractivity contribution in [3.8, 4) is 0 Å². The zero-order valence-electron chi connectivity index (χ0n) is 10.5. The number of nitrogens with one attached hydrogen (secondary N) is 2. The van der Waals surface area contributed by atoms with Gasteiger partial charge in [0.2, 0.25) is 0 Å². The lowest BCUT2D eigenvalue weighted by molar-refractivity contribution is 0.155. The molecule has 1 heterocycles. The Hall–Kier alpha value is -2.26. The van der Waals surface area contributed by atoms with Gasteiger partial charge in [0.25, 0.3) is 0 Å².